The summed E-state index contributed by atoms with van der Waals surface area (Å²) < 4.78 is 51.3. The first kappa shape index (κ1) is 15.5. The van der Waals surface area contributed by atoms with Crippen LogP contribution in [0, 0.1) is 5.95 Å². The van der Waals surface area contributed by atoms with Gasteiger partial charge in [-0.15, -0.1) is 0 Å². The van der Waals surface area contributed by atoms with Crippen LogP contribution in [0.15, 0.2) is 36.4 Å². The lowest BCUT2D eigenvalue weighted by atomic mass is 10.2. The number of halogens is 4. The zero-order valence-corrected chi connectivity index (χ0v) is 12.1. The molecule has 0 N–H and O–H groups in total. The predicted octanol–water partition coefficient (Wildman–Crippen LogP) is 2.96. The Kier molecular flexibility index (Phi) is 4.06. The summed E-state index contributed by atoms with van der Waals surface area (Å²) in [7, 11) is 0. The van der Waals surface area contributed by atoms with E-state index in [2.05, 4.69) is 9.97 Å². The molecule has 0 spiro atoms. The van der Waals surface area contributed by atoms with Crippen LogP contribution in [-0.4, -0.2) is 36.1 Å². The Bertz CT molecular complexity index is 681. The van der Waals surface area contributed by atoms with Gasteiger partial charge in [-0.2, -0.15) is 17.6 Å². The summed E-state index contributed by atoms with van der Waals surface area (Å²) in [4.78, 5) is 11.2. The number of alkyl halides is 3. The average Bonchev–Trinajstić information content (AvgIpc) is 2.54. The molecule has 8 heteroatoms. The number of hydrogen-bond acceptors (Lipinski definition) is 4. The highest BCUT2D eigenvalue weighted by atomic mass is 19.4. The van der Waals surface area contributed by atoms with Crippen molar-refractivity contribution in [2.45, 2.75) is 6.18 Å². The first-order valence-corrected chi connectivity index (χ1v) is 7.10. The van der Waals surface area contributed by atoms with Crippen molar-refractivity contribution in [1.29, 1.82) is 0 Å². The van der Waals surface area contributed by atoms with Crippen molar-refractivity contribution in [3.8, 4) is 0 Å². The standard InChI is InChI=1S/C15H14F4N4/c16-12-4-2-6-14(21-12)23-9-7-22(8-10-23)13-5-1-3-11(20-13)15(17,18)19/h1-6H,7-10H2. The van der Waals surface area contributed by atoms with Crippen molar-refractivity contribution in [2.24, 2.45) is 0 Å². The molecule has 0 aromatic carbocycles. The molecule has 0 aliphatic carbocycles. The molecule has 2 aromatic heterocycles. The number of pyridine rings is 2. The molecule has 2 aromatic rings. The van der Waals surface area contributed by atoms with Crippen molar-refractivity contribution >= 4 is 11.6 Å². The van der Waals surface area contributed by atoms with E-state index >= 15 is 0 Å². The Labute approximate surface area is 130 Å². The van der Waals surface area contributed by atoms with Crippen LogP contribution < -0.4 is 9.80 Å². The van der Waals surface area contributed by atoms with Gasteiger partial charge in [0, 0.05) is 26.2 Å². The molecule has 3 rings (SSSR count). The van der Waals surface area contributed by atoms with E-state index < -0.39 is 17.8 Å². The van der Waals surface area contributed by atoms with Crippen LogP contribution in [0.25, 0.3) is 0 Å². The maximum atomic E-state index is 13.2. The molecular formula is C15H14F4N4. The van der Waals surface area contributed by atoms with Gasteiger partial charge < -0.3 is 9.80 Å². The summed E-state index contributed by atoms with van der Waals surface area (Å²) in [6.45, 7) is 2.06. The molecular weight excluding hydrogens is 312 g/mol. The normalized spacial score (nSPS) is 15.8. The van der Waals surface area contributed by atoms with Gasteiger partial charge in [-0.3, -0.25) is 0 Å². The third kappa shape index (κ3) is 3.52. The maximum Gasteiger partial charge on any atom is 0.433 e. The quantitative estimate of drug-likeness (QED) is 0.627. The van der Waals surface area contributed by atoms with Crippen molar-refractivity contribution in [2.75, 3.05) is 36.0 Å². The average molecular weight is 326 g/mol. The Morgan fingerprint density at radius 1 is 0.783 bits per heavy atom. The first-order valence-electron chi connectivity index (χ1n) is 7.10. The third-order valence-electron chi connectivity index (χ3n) is 3.65. The SMILES string of the molecule is Fc1cccc(N2CCN(c3cccc(C(F)(F)F)n3)CC2)n1. The Hall–Kier alpha value is -2.38. The van der Waals surface area contributed by atoms with E-state index in [0.717, 1.165) is 6.07 Å². The van der Waals surface area contributed by atoms with Gasteiger partial charge in [-0.25, -0.2) is 9.97 Å². The minimum absolute atomic E-state index is 0.298. The fraction of sp³-hybridized carbons (Fsp3) is 0.333. The van der Waals surface area contributed by atoms with Crippen LogP contribution >= 0.6 is 0 Å². The molecule has 1 saturated heterocycles. The number of aromatic nitrogens is 2. The van der Waals surface area contributed by atoms with Crippen molar-refractivity contribution in [3.63, 3.8) is 0 Å². The summed E-state index contributed by atoms with van der Waals surface area (Å²) >= 11 is 0. The maximum absolute atomic E-state index is 13.2. The molecule has 0 amide bonds. The minimum atomic E-state index is -4.46. The van der Waals surface area contributed by atoms with Crippen LogP contribution in [-0.2, 0) is 6.18 Å². The molecule has 0 radical (unpaired) electrons. The summed E-state index contributed by atoms with van der Waals surface area (Å²) in [6, 6.07) is 8.43. The predicted molar refractivity (Wildman–Crippen MR) is 77.9 cm³/mol. The van der Waals surface area contributed by atoms with E-state index in [4.69, 9.17) is 0 Å². The van der Waals surface area contributed by atoms with Gasteiger partial charge >= 0.3 is 6.18 Å². The zero-order chi connectivity index (χ0) is 16.4. The van der Waals surface area contributed by atoms with Crippen molar-refractivity contribution in [1.82, 2.24) is 9.97 Å². The molecule has 0 bridgehead atoms. The molecule has 23 heavy (non-hydrogen) atoms. The van der Waals surface area contributed by atoms with Gasteiger partial charge in [0.25, 0.3) is 0 Å². The Morgan fingerprint density at radius 2 is 1.30 bits per heavy atom. The zero-order valence-electron chi connectivity index (χ0n) is 12.1. The van der Waals surface area contributed by atoms with E-state index in [1.165, 1.54) is 12.1 Å². The van der Waals surface area contributed by atoms with E-state index in [1.807, 2.05) is 4.90 Å². The molecule has 3 heterocycles. The molecule has 0 saturated carbocycles. The van der Waals surface area contributed by atoms with Gasteiger partial charge in [0.05, 0.1) is 0 Å². The van der Waals surface area contributed by atoms with Gasteiger partial charge in [0.1, 0.15) is 17.3 Å². The van der Waals surface area contributed by atoms with E-state index in [9.17, 15) is 17.6 Å². The highest BCUT2D eigenvalue weighted by Crippen LogP contribution is 2.29. The topological polar surface area (TPSA) is 32.3 Å². The lowest BCUT2D eigenvalue weighted by molar-refractivity contribution is -0.141. The number of rotatable bonds is 2. The van der Waals surface area contributed by atoms with Crippen molar-refractivity contribution < 1.29 is 17.6 Å². The number of hydrogen-bond donors (Lipinski definition) is 0. The molecule has 1 fully saturated rings. The molecule has 1 aliphatic heterocycles. The second-order valence-corrected chi connectivity index (χ2v) is 5.17. The van der Waals surface area contributed by atoms with Gasteiger partial charge in [0.2, 0.25) is 5.95 Å². The summed E-state index contributed by atoms with van der Waals surface area (Å²) in [5.74, 6) is 0.276. The number of piperazine rings is 1. The summed E-state index contributed by atoms with van der Waals surface area (Å²) in [5.41, 5.74) is -0.899. The van der Waals surface area contributed by atoms with E-state index in [-0.39, 0.29) is 0 Å². The smallest absolute Gasteiger partial charge is 0.353 e. The Morgan fingerprint density at radius 3 is 1.83 bits per heavy atom. The highest BCUT2D eigenvalue weighted by Gasteiger charge is 2.33. The summed E-state index contributed by atoms with van der Waals surface area (Å²) in [5, 5.41) is 0. The van der Waals surface area contributed by atoms with Crippen LogP contribution in [0.3, 0.4) is 0 Å². The molecule has 122 valence electrons. The fourth-order valence-electron chi connectivity index (χ4n) is 2.50. The van der Waals surface area contributed by atoms with Crippen LogP contribution in [0.1, 0.15) is 5.69 Å². The van der Waals surface area contributed by atoms with Crippen LogP contribution in [0.4, 0.5) is 29.2 Å². The van der Waals surface area contributed by atoms with Crippen LogP contribution in [0.2, 0.25) is 0 Å². The Balaban J connectivity index is 1.70. The highest BCUT2D eigenvalue weighted by molar-refractivity contribution is 5.45. The molecule has 0 atom stereocenters. The second-order valence-electron chi connectivity index (χ2n) is 5.17. The second kappa shape index (κ2) is 6.02. The minimum Gasteiger partial charge on any atom is -0.353 e. The lowest BCUT2D eigenvalue weighted by Crippen LogP contribution is -2.47. The largest absolute Gasteiger partial charge is 0.433 e. The fourth-order valence-corrected chi connectivity index (χ4v) is 2.50. The third-order valence-corrected chi connectivity index (χ3v) is 3.65. The molecule has 0 unspecified atom stereocenters. The summed E-state index contributed by atoms with van der Waals surface area (Å²) in [6.07, 6.45) is -4.46. The van der Waals surface area contributed by atoms with Crippen LogP contribution in [0.5, 0.6) is 0 Å². The van der Waals surface area contributed by atoms with Gasteiger partial charge in [-0.1, -0.05) is 12.1 Å². The van der Waals surface area contributed by atoms with Gasteiger partial charge in [0.15, 0.2) is 0 Å². The first-order chi connectivity index (χ1) is 10.9. The molecule has 4 nitrogen and oxygen atoms in total. The molecule has 1 aliphatic rings. The lowest BCUT2D eigenvalue weighted by Gasteiger charge is -2.36. The number of anilines is 2. The van der Waals surface area contributed by atoms with E-state index in [0.29, 0.717) is 37.8 Å². The monoisotopic (exact) mass is 326 g/mol. The number of nitrogens with zero attached hydrogens (tertiary/aromatic N) is 4. The van der Waals surface area contributed by atoms with Crippen molar-refractivity contribution in [3.05, 3.63) is 48.0 Å². The van der Waals surface area contributed by atoms with E-state index in [1.54, 1.807) is 23.1 Å². The van der Waals surface area contributed by atoms with Gasteiger partial charge in [-0.05, 0) is 24.3 Å².